The minimum absolute atomic E-state index is 0.152. The highest BCUT2D eigenvalue weighted by Gasteiger charge is 2.56. The molecule has 2 aromatic carbocycles. The summed E-state index contributed by atoms with van der Waals surface area (Å²) < 4.78 is 16.9. The Morgan fingerprint density at radius 2 is 1.73 bits per heavy atom. The van der Waals surface area contributed by atoms with Crippen LogP contribution in [0.1, 0.15) is 43.4 Å². The van der Waals surface area contributed by atoms with Crippen LogP contribution in [0.15, 0.2) is 42.2 Å². The quantitative estimate of drug-likeness (QED) is 0.428. The Kier molecular flexibility index (Phi) is 8.11. The van der Waals surface area contributed by atoms with E-state index in [1.54, 1.807) is 18.9 Å². The Balaban J connectivity index is 1.96. The molecule has 0 atom stereocenters. The van der Waals surface area contributed by atoms with Crippen molar-refractivity contribution < 1.29 is 28.6 Å². The summed E-state index contributed by atoms with van der Waals surface area (Å²) in [4.78, 5) is 34.4. The number of aryl methyl sites for hydroxylation is 2. The van der Waals surface area contributed by atoms with Crippen LogP contribution in [0.25, 0.3) is 5.57 Å². The zero-order valence-corrected chi connectivity index (χ0v) is 22.7. The summed E-state index contributed by atoms with van der Waals surface area (Å²) in [6.45, 7) is 9.13. The molecule has 2 aromatic rings. The normalized spacial score (nSPS) is 17.5. The van der Waals surface area contributed by atoms with Gasteiger partial charge < -0.3 is 19.0 Å². The lowest BCUT2D eigenvalue weighted by atomic mass is 9.84. The summed E-state index contributed by atoms with van der Waals surface area (Å²) in [5, 5.41) is 2.41. The summed E-state index contributed by atoms with van der Waals surface area (Å²) in [7, 11) is 1.62. The third-order valence-electron chi connectivity index (χ3n) is 6.88. The van der Waals surface area contributed by atoms with Gasteiger partial charge in [0.2, 0.25) is 0 Å². The van der Waals surface area contributed by atoms with Gasteiger partial charge >= 0.3 is 6.16 Å². The van der Waals surface area contributed by atoms with Crippen LogP contribution in [0, 0.1) is 13.8 Å². The van der Waals surface area contributed by atoms with Crippen molar-refractivity contribution in [1.82, 2.24) is 5.06 Å². The molecule has 0 unspecified atom stereocenters. The molecule has 2 aliphatic rings. The van der Waals surface area contributed by atoms with Gasteiger partial charge in [0.05, 0.1) is 25.9 Å². The summed E-state index contributed by atoms with van der Waals surface area (Å²) in [5.74, 6) is 0.687. The van der Waals surface area contributed by atoms with E-state index in [1.165, 1.54) is 0 Å². The van der Waals surface area contributed by atoms with Gasteiger partial charge in [-0.05, 0) is 81.5 Å². The number of hydrogen-bond donors (Lipinski definition) is 0. The van der Waals surface area contributed by atoms with E-state index in [1.807, 2.05) is 62.2 Å². The standard InChI is InChI=1S/C28H33ClN2O6/c1-6-35-22-10-8-9-21(17-22)31-26(32)24(23-18(3)15-20(29)16-19(23)4)25(37-27(33)36-7-2)28(31)11-13-30(34-5)14-12-28/h8-10,15-17H,6-7,11-14H2,1-5H3. The van der Waals surface area contributed by atoms with E-state index in [0.717, 1.165) is 11.1 Å². The van der Waals surface area contributed by atoms with E-state index >= 15 is 0 Å². The van der Waals surface area contributed by atoms with E-state index in [0.29, 0.717) is 65.9 Å². The monoisotopic (exact) mass is 528 g/mol. The molecule has 0 aliphatic carbocycles. The van der Waals surface area contributed by atoms with Gasteiger partial charge in [0.15, 0.2) is 5.76 Å². The molecule has 0 radical (unpaired) electrons. The summed E-state index contributed by atoms with van der Waals surface area (Å²) >= 11 is 6.32. The Bertz CT molecular complexity index is 1200. The van der Waals surface area contributed by atoms with Gasteiger partial charge in [-0.1, -0.05) is 17.7 Å². The smallest absolute Gasteiger partial charge is 0.494 e. The summed E-state index contributed by atoms with van der Waals surface area (Å²) in [6.07, 6.45) is 0.121. The van der Waals surface area contributed by atoms with E-state index in [9.17, 15) is 9.59 Å². The SMILES string of the molecule is CCOC(=O)OC1=C(c2c(C)cc(Cl)cc2C)C(=O)N(c2cccc(OCC)c2)C12CCN(OC)CC2. The molecule has 4 rings (SSSR count). The zero-order chi connectivity index (χ0) is 26.7. The highest BCUT2D eigenvalue weighted by molar-refractivity contribution is 6.33. The number of amides is 1. The molecule has 1 amide bonds. The molecule has 8 nitrogen and oxygen atoms in total. The number of hydrogen-bond acceptors (Lipinski definition) is 7. The predicted octanol–water partition coefficient (Wildman–Crippen LogP) is 5.68. The van der Waals surface area contributed by atoms with Crippen molar-refractivity contribution >= 4 is 34.9 Å². The molecule has 2 aliphatic heterocycles. The number of benzene rings is 2. The number of piperidine rings is 1. The second kappa shape index (κ2) is 11.1. The average molecular weight is 529 g/mol. The van der Waals surface area contributed by atoms with Crippen molar-refractivity contribution in [3.05, 3.63) is 63.9 Å². The molecule has 198 valence electrons. The minimum Gasteiger partial charge on any atom is -0.494 e. The van der Waals surface area contributed by atoms with Crippen molar-refractivity contribution in [2.24, 2.45) is 0 Å². The van der Waals surface area contributed by atoms with E-state index < -0.39 is 11.7 Å². The third-order valence-corrected chi connectivity index (χ3v) is 7.10. The maximum Gasteiger partial charge on any atom is 0.513 e. The maximum absolute atomic E-state index is 14.5. The first-order valence-corrected chi connectivity index (χ1v) is 12.9. The van der Waals surface area contributed by atoms with Crippen LogP contribution >= 0.6 is 11.6 Å². The van der Waals surface area contributed by atoms with Crippen LogP contribution < -0.4 is 9.64 Å². The van der Waals surface area contributed by atoms with Crippen molar-refractivity contribution in [2.45, 2.75) is 46.1 Å². The zero-order valence-electron chi connectivity index (χ0n) is 21.9. The summed E-state index contributed by atoms with van der Waals surface area (Å²) in [5.41, 5.74) is 2.39. The Morgan fingerprint density at radius 1 is 1.05 bits per heavy atom. The Morgan fingerprint density at radius 3 is 2.32 bits per heavy atom. The van der Waals surface area contributed by atoms with E-state index in [-0.39, 0.29) is 12.5 Å². The van der Waals surface area contributed by atoms with E-state index in [4.69, 9.17) is 30.6 Å². The molecule has 1 spiro atoms. The second-order valence-electron chi connectivity index (χ2n) is 9.12. The van der Waals surface area contributed by atoms with Crippen LogP contribution in [0.2, 0.25) is 5.02 Å². The Labute approximate surface area is 222 Å². The number of halogens is 1. The fourth-order valence-electron chi connectivity index (χ4n) is 5.37. The first-order chi connectivity index (χ1) is 17.7. The van der Waals surface area contributed by atoms with Crippen molar-refractivity contribution in [1.29, 1.82) is 0 Å². The molecule has 1 saturated heterocycles. The molecule has 0 N–H and O–H groups in total. The topological polar surface area (TPSA) is 77.5 Å². The maximum atomic E-state index is 14.5. The third kappa shape index (κ3) is 5.06. The number of ether oxygens (including phenoxy) is 3. The molecule has 9 heteroatoms. The van der Waals surface area contributed by atoms with Crippen molar-refractivity contribution in [3.63, 3.8) is 0 Å². The molecular weight excluding hydrogens is 496 g/mol. The van der Waals surface area contributed by atoms with Crippen LogP contribution in [0.3, 0.4) is 0 Å². The lowest BCUT2D eigenvalue weighted by Crippen LogP contribution is -2.55. The van der Waals surface area contributed by atoms with Crippen molar-refractivity contribution in [2.75, 3.05) is 38.3 Å². The van der Waals surface area contributed by atoms with E-state index in [2.05, 4.69) is 0 Å². The number of nitrogens with zero attached hydrogens (tertiary/aromatic N) is 2. The number of carbonyl (C=O) groups is 2. The number of rotatable bonds is 7. The molecule has 0 aromatic heterocycles. The Hall–Kier alpha value is -3.07. The number of anilines is 1. The van der Waals surface area contributed by atoms with Gasteiger partial charge in [0.25, 0.3) is 5.91 Å². The largest absolute Gasteiger partial charge is 0.513 e. The lowest BCUT2D eigenvalue weighted by molar-refractivity contribution is -0.150. The van der Waals surface area contributed by atoms with Gasteiger partial charge in [-0.2, -0.15) is 5.06 Å². The van der Waals surface area contributed by atoms with Gasteiger partial charge in [-0.25, -0.2) is 4.79 Å². The lowest BCUT2D eigenvalue weighted by Gasteiger charge is -2.44. The van der Waals surface area contributed by atoms with Crippen molar-refractivity contribution in [3.8, 4) is 5.75 Å². The van der Waals surface area contributed by atoms with Crippen LogP contribution in [-0.2, 0) is 19.1 Å². The predicted molar refractivity (Wildman–Crippen MR) is 142 cm³/mol. The average Bonchev–Trinajstić information content (AvgIpc) is 3.07. The fraction of sp³-hybridized carbons (Fsp3) is 0.429. The molecule has 0 saturated carbocycles. The fourth-order valence-corrected chi connectivity index (χ4v) is 5.70. The molecular formula is C28H33ClN2O6. The number of hydroxylamine groups is 2. The first-order valence-electron chi connectivity index (χ1n) is 12.5. The van der Waals surface area contributed by atoms with Gasteiger partial charge in [0.1, 0.15) is 11.3 Å². The minimum atomic E-state index is -0.933. The van der Waals surface area contributed by atoms with Gasteiger partial charge in [0, 0.05) is 29.9 Å². The van der Waals surface area contributed by atoms with Crippen LogP contribution in [0.4, 0.5) is 10.5 Å². The molecule has 2 heterocycles. The molecule has 37 heavy (non-hydrogen) atoms. The van der Waals surface area contributed by atoms with Crippen LogP contribution in [0.5, 0.6) is 5.75 Å². The first kappa shape index (κ1) is 27.0. The van der Waals surface area contributed by atoms with Gasteiger partial charge in [-0.15, -0.1) is 0 Å². The highest BCUT2D eigenvalue weighted by Crippen LogP contribution is 2.50. The number of carbonyl (C=O) groups excluding carboxylic acids is 2. The van der Waals surface area contributed by atoms with Gasteiger partial charge in [-0.3, -0.25) is 9.69 Å². The highest BCUT2D eigenvalue weighted by atomic mass is 35.5. The second-order valence-corrected chi connectivity index (χ2v) is 9.55. The summed E-state index contributed by atoms with van der Waals surface area (Å²) in [6, 6.07) is 11.0. The molecule has 0 bridgehead atoms. The van der Waals surface area contributed by atoms with Crippen LogP contribution in [-0.4, -0.2) is 56.1 Å². The molecule has 1 fully saturated rings.